The molecule has 1 heterocycles. The van der Waals surface area contributed by atoms with Crippen LogP contribution in [-0.2, 0) is 6.54 Å². The van der Waals surface area contributed by atoms with Crippen LogP contribution in [-0.4, -0.2) is 29.9 Å². The van der Waals surface area contributed by atoms with Crippen molar-refractivity contribution in [2.24, 2.45) is 0 Å². The number of ether oxygens (including phenoxy) is 2. The van der Waals surface area contributed by atoms with Gasteiger partial charge in [0.2, 0.25) is 0 Å². The second-order valence-electron chi connectivity index (χ2n) is 6.56. The van der Waals surface area contributed by atoms with E-state index in [2.05, 4.69) is 34.7 Å². The van der Waals surface area contributed by atoms with Gasteiger partial charge in [-0.25, -0.2) is 0 Å². The molecule has 0 unspecified atom stereocenters. The molecular weight excluding hydrogens is 366 g/mol. The molecule has 0 aliphatic carbocycles. The van der Waals surface area contributed by atoms with Crippen molar-refractivity contribution in [1.29, 1.82) is 0 Å². The number of anilines is 1. The molecule has 1 aromatic heterocycles. The Kier molecular flexibility index (Phi) is 5.16. The van der Waals surface area contributed by atoms with E-state index < -0.39 is 0 Å². The van der Waals surface area contributed by atoms with Crippen LogP contribution >= 0.6 is 0 Å². The second-order valence-corrected chi connectivity index (χ2v) is 6.56. The van der Waals surface area contributed by atoms with Crippen LogP contribution in [0.3, 0.4) is 0 Å². The largest absolute Gasteiger partial charge is 0.496 e. The van der Waals surface area contributed by atoms with Gasteiger partial charge in [-0.05, 0) is 28.5 Å². The summed E-state index contributed by atoms with van der Waals surface area (Å²) in [6, 6.07) is 19.7. The number of aromatic nitrogens is 2. The number of amides is 1. The summed E-state index contributed by atoms with van der Waals surface area (Å²) < 4.78 is 12.4. The lowest BCUT2D eigenvalue weighted by molar-refractivity contribution is 0.102. The first-order valence-corrected chi connectivity index (χ1v) is 9.21. The van der Waals surface area contributed by atoms with Crippen molar-refractivity contribution in [3.63, 3.8) is 0 Å². The topological polar surface area (TPSA) is 65.4 Å². The molecule has 146 valence electrons. The van der Waals surface area contributed by atoms with Crippen molar-refractivity contribution in [2.75, 3.05) is 19.5 Å². The van der Waals surface area contributed by atoms with Gasteiger partial charge in [-0.15, -0.1) is 0 Å². The van der Waals surface area contributed by atoms with Crippen molar-refractivity contribution >= 4 is 22.4 Å². The maximum atomic E-state index is 12.8. The van der Waals surface area contributed by atoms with Crippen molar-refractivity contribution in [3.05, 3.63) is 84.2 Å². The summed E-state index contributed by atoms with van der Waals surface area (Å²) in [5.74, 6) is 0.582. The fourth-order valence-corrected chi connectivity index (χ4v) is 3.39. The lowest BCUT2D eigenvalue weighted by atomic mass is 10.0. The lowest BCUT2D eigenvalue weighted by Gasteiger charge is -2.12. The predicted molar refractivity (Wildman–Crippen MR) is 113 cm³/mol. The predicted octanol–water partition coefficient (Wildman–Crippen LogP) is 4.35. The lowest BCUT2D eigenvalue weighted by Crippen LogP contribution is -2.14. The van der Waals surface area contributed by atoms with E-state index in [9.17, 15) is 4.79 Å². The molecule has 0 saturated carbocycles. The fourth-order valence-electron chi connectivity index (χ4n) is 3.39. The van der Waals surface area contributed by atoms with Gasteiger partial charge in [0.1, 0.15) is 17.1 Å². The standard InChI is InChI=1S/C23H21N3O3/c1-28-20-11-6-12-21(29-2)22(20)23(27)25-18-13-24-26(15-18)14-17-9-5-8-16-7-3-4-10-19(16)17/h3-13,15H,14H2,1-2H3,(H,25,27). The van der Waals surface area contributed by atoms with Gasteiger partial charge in [0.25, 0.3) is 5.91 Å². The Hall–Kier alpha value is -3.80. The van der Waals surface area contributed by atoms with E-state index in [4.69, 9.17) is 9.47 Å². The van der Waals surface area contributed by atoms with Gasteiger partial charge in [0.15, 0.2) is 0 Å². The molecule has 1 amide bonds. The Morgan fingerprint density at radius 3 is 2.41 bits per heavy atom. The SMILES string of the molecule is COc1cccc(OC)c1C(=O)Nc1cnn(Cc2cccc3ccccc23)c1. The summed E-state index contributed by atoms with van der Waals surface area (Å²) in [5.41, 5.74) is 2.11. The molecule has 3 aromatic carbocycles. The van der Waals surface area contributed by atoms with Crippen molar-refractivity contribution in [3.8, 4) is 11.5 Å². The summed E-state index contributed by atoms with van der Waals surface area (Å²) >= 11 is 0. The maximum absolute atomic E-state index is 12.8. The van der Waals surface area contributed by atoms with Crippen LogP contribution in [0.1, 0.15) is 15.9 Å². The van der Waals surface area contributed by atoms with Crippen LogP contribution in [0.4, 0.5) is 5.69 Å². The Bertz CT molecular complexity index is 1140. The highest BCUT2D eigenvalue weighted by atomic mass is 16.5. The van der Waals surface area contributed by atoms with Gasteiger partial charge < -0.3 is 14.8 Å². The second kappa shape index (κ2) is 8.06. The molecule has 6 heteroatoms. The molecule has 0 aliphatic heterocycles. The molecule has 0 spiro atoms. The van der Waals surface area contributed by atoms with Gasteiger partial charge in [0, 0.05) is 6.20 Å². The highest BCUT2D eigenvalue weighted by Crippen LogP contribution is 2.29. The molecule has 0 bridgehead atoms. The molecule has 4 aromatic rings. The first-order chi connectivity index (χ1) is 14.2. The number of nitrogens with one attached hydrogen (secondary N) is 1. The zero-order chi connectivity index (χ0) is 20.2. The smallest absolute Gasteiger partial charge is 0.263 e. The van der Waals surface area contributed by atoms with Crippen LogP contribution in [0.25, 0.3) is 10.8 Å². The zero-order valence-electron chi connectivity index (χ0n) is 16.3. The molecule has 0 atom stereocenters. The number of nitrogens with zero attached hydrogens (tertiary/aromatic N) is 2. The first kappa shape index (κ1) is 18.6. The fraction of sp³-hybridized carbons (Fsp3) is 0.130. The summed E-state index contributed by atoms with van der Waals surface area (Å²) in [6.45, 7) is 0.606. The number of fused-ring (bicyclic) bond motifs is 1. The Morgan fingerprint density at radius 2 is 1.66 bits per heavy atom. The maximum Gasteiger partial charge on any atom is 0.263 e. The molecule has 6 nitrogen and oxygen atoms in total. The molecule has 1 N–H and O–H groups in total. The number of methoxy groups -OCH3 is 2. The van der Waals surface area contributed by atoms with Crippen LogP contribution in [0, 0.1) is 0 Å². The van der Waals surface area contributed by atoms with E-state index in [0.29, 0.717) is 29.3 Å². The van der Waals surface area contributed by atoms with Crippen molar-refractivity contribution in [2.45, 2.75) is 6.54 Å². The summed E-state index contributed by atoms with van der Waals surface area (Å²) in [4.78, 5) is 12.8. The minimum Gasteiger partial charge on any atom is -0.496 e. The monoisotopic (exact) mass is 387 g/mol. The minimum absolute atomic E-state index is 0.316. The number of carbonyl (C=O) groups excluding carboxylic acids is 1. The number of rotatable bonds is 6. The number of hydrogen-bond donors (Lipinski definition) is 1. The van der Waals surface area contributed by atoms with Gasteiger partial charge in [-0.3, -0.25) is 9.48 Å². The van der Waals surface area contributed by atoms with Crippen LogP contribution in [0.15, 0.2) is 73.1 Å². The molecule has 0 aliphatic rings. The van der Waals surface area contributed by atoms with Gasteiger partial charge in [0.05, 0.1) is 32.6 Å². The molecule has 4 rings (SSSR count). The van der Waals surface area contributed by atoms with Crippen molar-refractivity contribution < 1.29 is 14.3 Å². The minimum atomic E-state index is -0.316. The van der Waals surface area contributed by atoms with Crippen LogP contribution < -0.4 is 14.8 Å². The van der Waals surface area contributed by atoms with E-state index in [-0.39, 0.29) is 5.91 Å². The third-order valence-electron chi connectivity index (χ3n) is 4.76. The average molecular weight is 387 g/mol. The summed E-state index contributed by atoms with van der Waals surface area (Å²) in [6.07, 6.45) is 3.44. The van der Waals surface area contributed by atoms with E-state index in [1.807, 2.05) is 24.4 Å². The van der Waals surface area contributed by atoms with E-state index in [0.717, 1.165) is 5.56 Å². The van der Waals surface area contributed by atoms with Crippen LogP contribution in [0.2, 0.25) is 0 Å². The third-order valence-corrected chi connectivity index (χ3v) is 4.76. The Morgan fingerprint density at radius 1 is 0.966 bits per heavy atom. The Labute approximate surface area is 168 Å². The van der Waals surface area contributed by atoms with Gasteiger partial charge in [-0.1, -0.05) is 48.5 Å². The molecular formula is C23H21N3O3. The highest BCUT2D eigenvalue weighted by molar-refractivity contribution is 6.08. The first-order valence-electron chi connectivity index (χ1n) is 9.21. The normalized spacial score (nSPS) is 10.7. The number of hydrogen-bond acceptors (Lipinski definition) is 4. The average Bonchev–Trinajstić information content (AvgIpc) is 3.20. The highest BCUT2D eigenvalue weighted by Gasteiger charge is 2.18. The number of carbonyl (C=O) groups is 1. The van der Waals surface area contributed by atoms with Gasteiger partial charge >= 0.3 is 0 Å². The van der Waals surface area contributed by atoms with E-state index in [1.165, 1.54) is 25.0 Å². The summed E-state index contributed by atoms with van der Waals surface area (Å²) in [5, 5.41) is 9.64. The third kappa shape index (κ3) is 3.78. The zero-order valence-corrected chi connectivity index (χ0v) is 16.3. The molecule has 29 heavy (non-hydrogen) atoms. The Balaban J connectivity index is 1.55. The van der Waals surface area contributed by atoms with Crippen LogP contribution in [0.5, 0.6) is 11.5 Å². The van der Waals surface area contributed by atoms with E-state index in [1.54, 1.807) is 29.1 Å². The molecule has 0 fully saturated rings. The van der Waals surface area contributed by atoms with E-state index >= 15 is 0 Å². The van der Waals surface area contributed by atoms with Crippen molar-refractivity contribution in [1.82, 2.24) is 9.78 Å². The molecule has 0 radical (unpaired) electrons. The summed E-state index contributed by atoms with van der Waals surface area (Å²) in [7, 11) is 3.04. The van der Waals surface area contributed by atoms with Gasteiger partial charge in [-0.2, -0.15) is 5.10 Å². The number of benzene rings is 3. The molecule has 0 saturated heterocycles. The quantitative estimate of drug-likeness (QED) is 0.534.